The highest BCUT2D eigenvalue weighted by Crippen LogP contribution is 2.16. The third kappa shape index (κ3) is 3.95. The third-order valence-electron chi connectivity index (χ3n) is 2.93. The van der Waals surface area contributed by atoms with E-state index in [4.69, 9.17) is 9.25 Å². The number of hydrogen-bond acceptors (Lipinski definition) is 5. The van der Waals surface area contributed by atoms with Crippen LogP contribution in [0.3, 0.4) is 0 Å². The van der Waals surface area contributed by atoms with E-state index in [0.717, 1.165) is 5.56 Å². The predicted octanol–water partition coefficient (Wildman–Crippen LogP) is 3.23. The molecule has 1 aromatic heterocycles. The van der Waals surface area contributed by atoms with Crippen LogP contribution in [0, 0.1) is 13.8 Å². The molecule has 2 aromatic rings. The second kappa shape index (κ2) is 6.74. The second-order valence-corrected chi connectivity index (χ2v) is 4.59. The Hall–Kier alpha value is -2.56. The van der Waals surface area contributed by atoms with Crippen molar-refractivity contribution < 1.29 is 18.8 Å². The number of carbonyl (C=O) groups excluding carboxylic acids is 1. The molecule has 0 saturated heterocycles. The number of methoxy groups -OCH3 is 1. The lowest BCUT2D eigenvalue weighted by Crippen LogP contribution is -2.00. The maximum atomic E-state index is 11.4. The van der Waals surface area contributed by atoms with Gasteiger partial charge in [-0.05, 0) is 25.5 Å². The van der Waals surface area contributed by atoms with Crippen molar-refractivity contribution in [1.29, 1.82) is 0 Å². The molecule has 21 heavy (non-hydrogen) atoms. The van der Waals surface area contributed by atoms with Gasteiger partial charge in [-0.2, -0.15) is 0 Å². The van der Waals surface area contributed by atoms with E-state index in [1.54, 1.807) is 19.2 Å². The Labute approximate surface area is 123 Å². The number of ether oxygens (including phenoxy) is 1. The number of oxime groups is 1. The van der Waals surface area contributed by atoms with Crippen LogP contribution in [0.1, 0.15) is 33.0 Å². The lowest BCUT2D eigenvalue weighted by atomic mass is 10.2. The molecule has 2 rings (SSSR count). The molecule has 0 bridgehead atoms. The molecule has 0 unspecified atom stereocenters. The molecule has 0 aliphatic carbocycles. The lowest BCUT2D eigenvalue weighted by molar-refractivity contribution is 0.0599. The molecule has 5 heteroatoms. The van der Waals surface area contributed by atoms with Crippen molar-refractivity contribution in [3.63, 3.8) is 0 Å². The lowest BCUT2D eigenvalue weighted by Gasteiger charge is -1.96. The van der Waals surface area contributed by atoms with Crippen LogP contribution in [0.25, 0.3) is 0 Å². The summed E-state index contributed by atoms with van der Waals surface area (Å²) in [5, 5.41) is 3.87. The van der Waals surface area contributed by atoms with Crippen LogP contribution in [0.4, 0.5) is 0 Å². The van der Waals surface area contributed by atoms with E-state index < -0.39 is 5.97 Å². The molecule has 0 atom stereocenters. The van der Waals surface area contributed by atoms with E-state index >= 15 is 0 Å². The van der Waals surface area contributed by atoms with Gasteiger partial charge in [0.05, 0.1) is 13.3 Å². The van der Waals surface area contributed by atoms with Crippen molar-refractivity contribution in [2.24, 2.45) is 5.16 Å². The van der Waals surface area contributed by atoms with Crippen LogP contribution in [0.2, 0.25) is 0 Å². The summed E-state index contributed by atoms with van der Waals surface area (Å²) in [6.07, 6.45) is 1.62. The SMILES string of the molecule is COC(=O)c1cc(CO/N=C\c2ccc(C)cc2)oc1C. The van der Waals surface area contributed by atoms with E-state index in [0.29, 0.717) is 17.1 Å². The molecule has 0 radical (unpaired) electrons. The van der Waals surface area contributed by atoms with Gasteiger partial charge in [-0.25, -0.2) is 4.79 Å². The molecule has 0 amide bonds. The minimum Gasteiger partial charge on any atom is -0.465 e. The average Bonchev–Trinajstić information content (AvgIpc) is 2.85. The first-order valence-corrected chi connectivity index (χ1v) is 6.50. The van der Waals surface area contributed by atoms with E-state index in [2.05, 4.69) is 9.89 Å². The highest BCUT2D eigenvalue weighted by molar-refractivity contribution is 5.90. The number of carbonyl (C=O) groups is 1. The minimum atomic E-state index is -0.425. The number of nitrogens with zero attached hydrogens (tertiary/aromatic N) is 1. The summed E-state index contributed by atoms with van der Waals surface area (Å²) in [5.74, 6) is 0.600. The predicted molar refractivity (Wildman–Crippen MR) is 78.3 cm³/mol. The monoisotopic (exact) mass is 287 g/mol. The molecular formula is C16H17NO4. The molecule has 110 valence electrons. The minimum absolute atomic E-state index is 0.153. The summed E-state index contributed by atoms with van der Waals surface area (Å²) in [6.45, 7) is 3.88. The first-order valence-electron chi connectivity index (χ1n) is 6.50. The van der Waals surface area contributed by atoms with Crippen LogP contribution in [0.15, 0.2) is 39.9 Å². The molecule has 0 aliphatic rings. The Morgan fingerprint density at radius 3 is 2.67 bits per heavy atom. The average molecular weight is 287 g/mol. The Morgan fingerprint density at radius 1 is 1.29 bits per heavy atom. The van der Waals surface area contributed by atoms with Crippen molar-refractivity contribution in [3.05, 3.63) is 58.5 Å². The number of furan rings is 1. The summed E-state index contributed by atoms with van der Waals surface area (Å²) >= 11 is 0. The van der Waals surface area contributed by atoms with E-state index in [1.807, 2.05) is 31.2 Å². The highest BCUT2D eigenvalue weighted by atomic mass is 16.6. The standard InChI is InChI=1S/C16H17NO4/c1-11-4-6-13(7-5-11)9-17-20-10-14-8-15(12(2)21-14)16(18)19-3/h4-9H,10H2,1-3H3/b17-9-. The van der Waals surface area contributed by atoms with Gasteiger partial charge in [0.15, 0.2) is 6.61 Å². The number of aryl methyl sites for hydroxylation is 2. The Kier molecular flexibility index (Phi) is 4.77. The first kappa shape index (κ1) is 14.8. The summed E-state index contributed by atoms with van der Waals surface area (Å²) in [6, 6.07) is 9.51. The molecular weight excluding hydrogens is 270 g/mol. The fraction of sp³-hybridized carbons (Fsp3) is 0.250. The van der Waals surface area contributed by atoms with Gasteiger partial charge in [0.2, 0.25) is 0 Å². The van der Waals surface area contributed by atoms with Gasteiger partial charge in [0.1, 0.15) is 17.1 Å². The fourth-order valence-corrected chi connectivity index (χ4v) is 1.78. The Bertz CT molecular complexity index is 641. The number of benzene rings is 1. The van der Waals surface area contributed by atoms with Crippen molar-refractivity contribution >= 4 is 12.2 Å². The van der Waals surface area contributed by atoms with Gasteiger partial charge in [-0.15, -0.1) is 0 Å². The largest absolute Gasteiger partial charge is 0.465 e. The summed E-state index contributed by atoms with van der Waals surface area (Å²) < 4.78 is 10.1. The molecule has 1 aromatic carbocycles. The third-order valence-corrected chi connectivity index (χ3v) is 2.93. The van der Waals surface area contributed by atoms with E-state index in [-0.39, 0.29) is 6.61 Å². The van der Waals surface area contributed by atoms with Crippen LogP contribution < -0.4 is 0 Å². The zero-order valence-electron chi connectivity index (χ0n) is 12.3. The maximum absolute atomic E-state index is 11.4. The summed E-state index contributed by atoms with van der Waals surface area (Å²) in [5.41, 5.74) is 2.54. The van der Waals surface area contributed by atoms with Gasteiger partial charge >= 0.3 is 5.97 Å². The second-order valence-electron chi connectivity index (χ2n) is 4.59. The van der Waals surface area contributed by atoms with Gasteiger partial charge in [0, 0.05) is 0 Å². The molecule has 0 saturated carbocycles. The zero-order chi connectivity index (χ0) is 15.2. The topological polar surface area (TPSA) is 61.0 Å². The Balaban J connectivity index is 1.91. The highest BCUT2D eigenvalue weighted by Gasteiger charge is 2.15. The van der Waals surface area contributed by atoms with E-state index in [1.165, 1.54) is 12.7 Å². The summed E-state index contributed by atoms with van der Waals surface area (Å²) in [4.78, 5) is 16.6. The normalized spacial score (nSPS) is 10.8. The quantitative estimate of drug-likeness (QED) is 0.481. The summed E-state index contributed by atoms with van der Waals surface area (Å²) in [7, 11) is 1.33. The van der Waals surface area contributed by atoms with Crippen LogP contribution >= 0.6 is 0 Å². The van der Waals surface area contributed by atoms with Crippen molar-refractivity contribution in [2.45, 2.75) is 20.5 Å². The maximum Gasteiger partial charge on any atom is 0.341 e. The van der Waals surface area contributed by atoms with Crippen LogP contribution in [0.5, 0.6) is 0 Å². The van der Waals surface area contributed by atoms with Gasteiger partial charge in [-0.1, -0.05) is 35.0 Å². The molecule has 0 fully saturated rings. The van der Waals surface area contributed by atoms with Gasteiger partial charge in [-0.3, -0.25) is 0 Å². The number of hydrogen-bond donors (Lipinski definition) is 0. The molecule has 1 heterocycles. The number of rotatable bonds is 5. The first-order chi connectivity index (χ1) is 10.1. The molecule has 0 spiro atoms. The van der Waals surface area contributed by atoms with Gasteiger partial charge < -0.3 is 14.0 Å². The molecule has 5 nitrogen and oxygen atoms in total. The van der Waals surface area contributed by atoms with Crippen molar-refractivity contribution in [2.75, 3.05) is 7.11 Å². The van der Waals surface area contributed by atoms with Crippen LogP contribution in [-0.2, 0) is 16.2 Å². The smallest absolute Gasteiger partial charge is 0.341 e. The zero-order valence-corrected chi connectivity index (χ0v) is 12.3. The fourth-order valence-electron chi connectivity index (χ4n) is 1.78. The molecule has 0 aliphatic heterocycles. The van der Waals surface area contributed by atoms with E-state index in [9.17, 15) is 4.79 Å². The Morgan fingerprint density at radius 2 is 2.00 bits per heavy atom. The van der Waals surface area contributed by atoms with Crippen molar-refractivity contribution in [1.82, 2.24) is 0 Å². The number of esters is 1. The molecule has 0 N–H and O–H groups in total. The van der Waals surface area contributed by atoms with Crippen LogP contribution in [-0.4, -0.2) is 19.3 Å². The van der Waals surface area contributed by atoms with Gasteiger partial charge in [0.25, 0.3) is 0 Å². The van der Waals surface area contributed by atoms with Crippen molar-refractivity contribution in [3.8, 4) is 0 Å².